The molecular weight excluding hydrogens is 576 g/mol. The number of thiocarbonyl (C=S) groups is 1. The number of ether oxygens (including phenoxy) is 2. The van der Waals surface area contributed by atoms with Crippen LogP contribution in [0.25, 0.3) is 6.08 Å². The molecule has 1 aliphatic heterocycles. The van der Waals surface area contributed by atoms with Crippen LogP contribution >= 0.6 is 60.0 Å². The predicted molar refractivity (Wildman–Crippen MR) is 123 cm³/mol. The summed E-state index contributed by atoms with van der Waals surface area (Å²) in [4.78, 5) is 13.6. The van der Waals surface area contributed by atoms with Gasteiger partial charge in [0.1, 0.15) is 23.8 Å². The van der Waals surface area contributed by atoms with Crippen molar-refractivity contribution in [3.8, 4) is 11.5 Å². The van der Waals surface area contributed by atoms with E-state index in [1.165, 1.54) is 4.90 Å². The molecule has 0 atom stereocenters. The Morgan fingerprint density at radius 1 is 1.18 bits per heavy atom. The van der Waals surface area contributed by atoms with Crippen LogP contribution in [0.5, 0.6) is 11.5 Å². The number of carbonyl (C=O) groups excluding carboxylic acids is 1. The Morgan fingerprint density at radius 2 is 1.86 bits per heavy atom. The fourth-order valence-corrected chi connectivity index (χ4v) is 5.29. The van der Waals surface area contributed by atoms with E-state index in [0.717, 1.165) is 24.5 Å². The van der Waals surface area contributed by atoms with Gasteiger partial charge in [0.15, 0.2) is 5.11 Å². The zero-order valence-electron chi connectivity index (χ0n) is 14.9. The van der Waals surface area contributed by atoms with E-state index in [1.54, 1.807) is 20.2 Å². The zero-order chi connectivity index (χ0) is 20.4. The van der Waals surface area contributed by atoms with Crippen molar-refractivity contribution in [3.05, 3.63) is 60.6 Å². The van der Waals surface area contributed by atoms with Crippen LogP contribution in [0.4, 0.5) is 0 Å². The van der Waals surface area contributed by atoms with Crippen molar-refractivity contribution in [2.45, 2.75) is 6.61 Å². The summed E-state index contributed by atoms with van der Waals surface area (Å²) >= 11 is 15.6. The van der Waals surface area contributed by atoms with Gasteiger partial charge in [0.25, 0.3) is 5.91 Å². The van der Waals surface area contributed by atoms with E-state index >= 15 is 0 Å². The number of halogens is 3. The maximum atomic E-state index is 12.2. The maximum absolute atomic E-state index is 12.2. The molecule has 1 heterocycles. The summed E-state index contributed by atoms with van der Waals surface area (Å²) in [5.74, 6) is 1.22. The van der Waals surface area contributed by atoms with Crippen LogP contribution < -0.4 is 14.8 Å². The molecule has 1 saturated heterocycles. The highest BCUT2D eigenvalue weighted by Crippen LogP contribution is 2.37. The van der Waals surface area contributed by atoms with Gasteiger partial charge in [-0.25, -0.2) is 0 Å². The van der Waals surface area contributed by atoms with Crippen molar-refractivity contribution in [2.75, 3.05) is 14.2 Å². The number of carbonyl (C=O) groups is 1. The minimum atomic E-state index is -0.165. The summed E-state index contributed by atoms with van der Waals surface area (Å²) < 4.78 is 14.0. The lowest BCUT2D eigenvalue weighted by atomic mass is 10.1. The van der Waals surface area contributed by atoms with Gasteiger partial charge in [0.05, 0.1) is 16.1 Å². The number of hydrogen-bond donors (Lipinski definition) is 1. The number of rotatable bonds is 5. The first-order chi connectivity index (χ1) is 13.3. The Bertz CT molecular complexity index is 971. The van der Waals surface area contributed by atoms with Crippen LogP contribution in [-0.4, -0.2) is 30.1 Å². The summed E-state index contributed by atoms with van der Waals surface area (Å²) in [6.45, 7) is 0.290. The molecule has 5 nitrogen and oxygen atoms in total. The second-order valence-electron chi connectivity index (χ2n) is 5.91. The number of hydrogen-bond acceptors (Lipinski definition) is 4. The average Bonchev–Trinajstić information content (AvgIpc) is 2.88. The first kappa shape index (κ1) is 21.3. The van der Waals surface area contributed by atoms with E-state index in [1.807, 2.05) is 30.3 Å². The second kappa shape index (κ2) is 8.94. The average molecular weight is 591 g/mol. The van der Waals surface area contributed by atoms with Crippen molar-refractivity contribution in [1.29, 1.82) is 0 Å². The number of nitrogens with zero attached hydrogens (tertiary/aromatic N) is 1. The van der Waals surface area contributed by atoms with Gasteiger partial charge in [-0.15, -0.1) is 0 Å². The Balaban J connectivity index is 1.86. The molecule has 146 valence electrons. The van der Waals surface area contributed by atoms with Gasteiger partial charge in [-0.1, -0.05) is 22.0 Å². The molecule has 1 amide bonds. The SMILES string of the molecule is COc1ccc(/C=C2/NC(=S)N(C)C2=O)cc1COc1c(Br)cc(Br)cc1Br. The van der Waals surface area contributed by atoms with E-state index in [0.29, 0.717) is 28.9 Å². The molecule has 0 spiro atoms. The third-order valence-electron chi connectivity index (χ3n) is 4.03. The molecule has 0 aliphatic carbocycles. The van der Waals surface area contributed by atoms with Crippen LogP contribution in [-0.2, 0) is 11.4 Å². The first-order valence-electron chi connectivity index (χ1n) is 8.05. The summed E-state index contributed by atoms with van der Waals surface area (Å²) in [7, 11) is 3.25. The van der Waals surface area contributed by atoms with Gasteiger partial charge < -0.3 is 14.8 Å². The molecule has 1 N–H and O–H groups in total. The molecule has 0 radical (unpaired) electrons. The fraction of sp³-hybridized carbons (Fsp3) is 0.158. The van der Waals surface area contributed by atoms with Crippen LogP contribution in [0.1, 0.15) is 11.1 Å². The van der Waals surface area contributed by atoms with E-state index in [2.05, 4.69) is 53.1 Å². The lowest BCUT2D eigenvalue weighted by Gasteiger charge is -2.14. The highest BCUT2D eigenvalue weighted by atomic mass is 79.9. The molecule has 2 aromatic rings. The normalized spacial score (nSPS) is 15.2. The molecule has 0 saturated carbocycles. The van der Waals surface area contributed by atoms with Crippen molar-refractivity contribution >= 4 is 77.1 Å². The van der Waals surface area contributed by atoms with E-state index in [-0.39, 0.29) is 5.91 Å². The van der Waals surface area contributed by atoms with E-state index < -0.39 is 0 Å². The van der Waals surface area contributed by atoms with Crippen LogP contribution in [0.15, 0.2) is 49.4 Å². The zero-order valence-corrected chi connectivity index (χ0v) is 20.5. The Morgan fingerprint density at radius 3 is 2.43 bits per heavy atom. The van der Waals surface area contributed by atoms with E-state index in [9.17, 15) is 4.79 Å². The largest absolute Gasteiger partial charge is 0.496 e. The molecule has 1 aliphatic rings. The van der Waals surface area contributed by atoms with E-state index in [4.69, 9.17) is 21.7 Å². The molecule has 28 heavy (non-hydrogen) atoms. The smallest absolute Gasteiger partial charge is 0.276 e. The number of amides is 1. The summed E-state index contributed by atoms with van der Waals surface area (Å²) in [5, 5.41) is 3.30. The molecule has 0 aromatic heterocycles. The Labute approximate surface area is 193 Å². The highest BCUT2D eigenvalue weighted by molar-refractivity contribution is 9.11. The quantitative estimate of drug-likeness (QED) is 0.381. The number of nitrogens with one attached hydrogen (secondary N) is 1. The minimum Gasteiger partial charge on any atom is -0.496 e. The molecule has 9 heteroatoms. The Kier molecular flexibility index (Phi) is 6.80. The standard InChI is InChI=1S/C19H15Br3N2O3S/c1-24-18(25)15(23-19(24)28)6-10-3-4-16(26-2)11(5-10)9-27-17-13(21)7-12(20)8-14(17)22/h3-8H,9H2,1-2H3,(H,23,28)/b15-6+. The van der Waals surface area contributed by atoms with Gasteiger partial charge in [0, 0.05) is 17.1 Å². The lowest BCUT2D eigenvalue weighted by Crippen LogP contribution is -2.25. The predicted octanol–water partition coefficient (Wildman–Crippen LogP) is 5.25. The summed E-state index contributed by atoms with van der Waals surface area (Å²) in [5.41, 5.74) is 2.12. The molecule has 2 aromatic carbocycles. The minimum absolute atomic E-state index is 0.165. The third kappa shape index (κ3) is 4.59. The van der Waals surface area contributed by atoms with Gasteiger partial charge in [-0.3, -0.25) is 9.69 Å². The summed E-state index contributed by atoms with van der Waals surface area (Å²) in [6, 6.07) is 9.46. The first-order valence-corrected chi connectivity index (χ1v) is 10.8. The molecule has 0 bridgehead atoms. The van der Waals surface area contributed by atoms with Gasteiger partial charge in [-0.2, -0.15) is 0 Å². The molecule has 0 unspecified atom stereocenters. The van der Waals surface area contributed by atoms with Gasteiger partial charge in [0.2, 0.25) is 0 Å². The van der Waals surface area contributed by atoms with Gasteiger partial charge >= 0.3 is 0 Å². The monoisotopic (exact) mass is 588 g/mol. The van der Waals surface area contributed by atoms with Crippen molar-refractivity contribution in [1.82, 2.24) is 10.2 Å². The maximum Gasteiger partial charge on any atom is 0.276 e. The molecular formula is C19H15Br3N2O3S. The fourth-order valence-electron chi connectivity index (χ4n) is 2.61. The van der Waals surface area contributed by atoms with Crippen molar-refractivity contribution < 1.29 is 14.3 Å². The summed E-state index contributed by atoms with van der Waals surface area (Å²) in [6.07, 6.45) is 1.76. The number of benzene rings is 2. The van der Waals surface area contributed by atoms with Gasteiger partial charge in [-0.05, 0) is 80.0 Å². The lowest BCUT2D eigenvalue weighted by molar-refractivity contribution is -0.121. The molecule has 3 rings (SSSR count). The molecule has 1 fully saturated rings. The Hall–Kier alpha value is -1.42. The van der Waals surface area contributed by atoms with Crippen molar-refractivity contribution in [2.24, 2.45) is 0 Å². The van der Waals surface area contributed by atoms with Crippen LogP contribution in [0.3, 0.4) is 0 Å². The van der Waals surface area contributed by atoms with Crippen molar-refractivity contribution in [3.63, 3.8) is 0 Å². The second-order valence-corrected chi connectivity index (χ2v) is 8.92. The topological polar surface area (TPSA) is 50.8 Å². The number of likely N-dealkylation sites (N-methyl/N-ethyl adjacent to an activating group) is 1. The number of methoxy groups -OCH3 is 1. The van der Waals surface area contributed by atoms with Crippen LogP contribution in [0, 0.1) is 0 Å². The third-order valence-corrected chi connectivity index (χ3v) is 6.04. The highest BCUT2D eigenvalue weighted by Gasteiger charge is 2.27. The van der Waals surface area contributed by atoms with Crippen LogP contribution in [0.2, 0.25) is 0 Å².